The third-order valence-electron chi connectivity index (χ3n) is 3.27. The zero-order valence-electron chi connectivity index (χ0n) is 11.5. The Bertz CT molecular complexity index is 414. The summed E-state index contributed by atoms with van der Waals surface area (Å²) < 4.78 is 33.8. The van der Waals surface area contributed by atoms with E-state index in [0.29, 0.717) is 13.2 Å². The van der Waals surface area contributed by atoms with Crippen LogP contribution in [-0.4, -0.2) is 19.7 Å². The zero-order chi connectivity index (χ0) is 13.9. The van der Waals surface area contributed by atoms with Gasteiger partial charge in [0.25, 0.3) is 5.92 Å². The molecule has 2 rings (SSSR count). The lowest BCUT2D eigenvalue weighted by atomic mass is 9.96. The molecule has 19 heavy (non-hydrogen) atoms. The van der Waals surface area contributed by atoms with Crippen LogP contribution in [0.25, 0.3) is 0 Å². The summed E-state index contributed by atoms with van der Waals surface area (Å²) in [6.07, 6.45) is -0.246. The van der Waals surface area contributed by atoms with Gasteiger partial charge in [-0.25, -0.2) is 8.78 Å². The highest BCUT2D eigenvalue weighted by atomic mass is 19.3. The lowest BCUT2D eigenvalue weighted by Gasteiger charge is -2.25. The molecule has 1 aromatic carbocycles. The van der Waals surface area contributed by atoms with E-state index in [1.165, 1.54) is 6.07 Å². The van der Waals surface area contributed by atoms with Crippen molar-refractivity contribution in [3.8, 4) is 0 Å². The van der Waals surface area contributed by atoms with Crippen LogP contribution in [0.2, 0.25) is 0 Å². The highest BCUT2D eigenvalue weighted by molar-refractivity contribution is 5.29. The molecule has 1 saturated heterocycles. The molecule has 0 aliphatic carbocycles. The SMILES string of the molecule is CC(C)CC(F)(F)c1cccc(C2CNCCO2)c1. The van der Waals surface area contributed by atoms with Crippen molar-refractivity contribution in [2.24, 2.45) is 5.92 Å². The molecule has 1 N–H and O–H groups in total. The number of hydrogen-bond donors (Lipinski definition) is 1. The Morgan fingerprint density at radius 1 is 1.42 bits per heavy atom. The molecule has 1 aromatic rings. The van der Waals surface area contributed by atoms with Crippen molar-refractivity contribution in [3.63, 3.8) is 0 Å². The highest BCUT2D eigenvalue weighted by Gasteiger charge is 2.33. The van der Waals surface area contributed by atoms with Gasteiger partial charge in [-0.1, -0.05) is 32.0 Å². The van der Waals surface area contributed by atoms with Crippen LogP contribution in [0.5, 0.6) is 0 Å². The van der Waals surface area contributed by atoms with E-state index in [1.54, 1.807) is 12.1 Å². The normalized spacial score (nSPS) is 20.8. The van der Waals surface area contributed by atoms with Gasteiger partial charge in [0, 0.05) is 25.1 Å². The summed E-state index contributed by atoms with van der Waals surface area (Å²) in [7, 11) is 0. The standard InChI is InChI=1S/C15H21F2NO/c1-11(2)9-15(16,17)13-5-3-4-12(8-13)14-10-18-6-7-19-14/h3-5,8,11,14,18H,6-7,9-10H2,1-2H3. The van der Waals surface area contributed by atoms with Crippen LogP contribution < -0.4 is 5.32 Å². The van der Waals surface area contributed by atoms with Crippen molar-refractivity contribution in [1.29, 1.82) is 0 Å². The fourth-order valence-electron chi connectivity index (χ4n) is 2.38. The van der Waals surface area contributed by atoms with E-state index >= 15 is 0 Å². The van der Waals surface area contributed by atoms with Crippen molar-refractivity contribution >= 4 is 0 Å². The minimum Gasteiger partial charge on any atom is -0.371 e. The van der Waals surface area contributed by atoms with Crippen LogP contribution in [0.4, 0.5) is 8.78 Å². The minimum atomic E-state index is -2.77. The fourth-order valence-corrected chi connectivity index (χ4v) is 2.38. The summed E-state index contributed by atoms with van der Waals surface area (Å²) in [5.41, 5.74) is 0.918. The Balaban J connectivity index is 2.18. The molecular formula is C15H21F2NO. The number of rotatable bonds is 4. The van der Waals surface area contributed by atoms with E-state index in [-0.39, 0.29) is 24.0 Å². The van der Waals surface area contributed by atoms with E-state index in [1.807, 2.05) is 19.9 Å². The first-order valence-electron chi connectivity index (χ1n) is 6.79. The van der Waals surface area contributed by atoms with Crippen LogP contribution in [0.1, 0.15) is 37.5 Å². The lowest BCUT2D eigenvalue weighted by Crippen LogP contribution is -2.33. The first kappa shape index (κ1) is 14.4. The third-order valence-corrected chi connectivity index (χ3v) is 3.27. The lowest BCUT2D eigenvalue weighted by molar-refractivity contribution is -0.0254. The number of nitrogens with one attached hydrogen (secondary N) is 1. The molecule has 0 radical (unpaired) electrons. The van der Waals surface area contributed by atoms with Gasteiger partial charge in [-0.05, 0) is 17.5 Å². The maximum Gasteiger partial charge on any atom is 0.273 e. The van der Waals surface area contributed by atoms with Gasteiger partial charge < -0.3 is 10.1 Å². The molecule has 2 nitrogen and oxygen atoms in total. The van der Waals surface area contributed by atoms with Crippen LogP contribution >= 0.6 is 0 Å². The van der Waals surface area contributed by atoms with E-state index in [4.69, 9.17) is 4.74 Å². The quantitative estimate of drug-likeness (QED) is 0.903. The molecule has 1 unspecified atom stereocenters. The maximum absolute atomic E-state index is 14.1. The summed E-state index contributed by atoms with van der Waals surface area (Å²) in [6, 6.07) is 6.63. The number of alkyl halides is 2. The molecule has 1 atom stereocenters. The molecule has 4 heteroatoms. The average molecular weight is 269 g/mol. The fraction of sp³-hybridized carbons (Fsp3) is 0.600. The molecule has 1 aliphatic rings. The van der Waals surface area contributed by atoms with Crippen LogP contribution in [0, 0.1) is 5.92 Å². The predicted octanol–water partition coefficient (Wildman–Crippen LogP) is 3.49. The van der Waals surface area contributed by atoms with Crippen LogP contribution in [0.3, 0.4) is 0 Å². The van der Waals surface area contributed by atoms with Gasteiger partial charge in [0.1, 0.15) is 0 Å². The molecule has 106 valence electrons. The van der Waals surface area contributed by atoms with E-state index in [9.17, 15) is 8.78 Å². The summed E-state index contributed by atoms with van der Waals surface area (Å²) in [5.74, 6) is -2.81. The number of morpholine rings is 1. The number of ether oxygens (including phenoxy) is 1. The van der Waals surface area contributed by atoms with Gasteiger partial charge in [0.15, 0.2) is 0 Å². The molecule has 0 bridgehead atoms. The van der Waals surface area contributed by atoms with Crippen LogP contribution in [-0.2, 0) is 10.7 Å². The van der Waals surface area contributed by atoms with Crippen LogP contribution in [0.15, 0.2) is 24.3 Å². The highest BCUT2D eigenvalue weighted by Crippen LogP contribution is 2.35. The van der Waals surface area contributed by atoms with Crippen molar-refractivity contribution in [2.75, 3.05) is 19.7 Å². The number of halogens is 2. The molecule has 0 spiro atoms. The molecular weight excluding hydrogens is 248 g/mol. The van der Waals surface area contributed by atoms with Gasteiger partial charge in [-0.15, -0.1) is 0 Å². The first-order valence-corrected chi connectivity index (χ1v) is 6.79. The topological polar surface area (TPSA) is 21.3 Å². The predicted molar refractivity (Wildman–Crippen MR) is 71.4 cm³/mol. The van der Waals surface area contributed by atoms with Gasteiger partial charge >= 0.3 is 0 Å². The molecule has 1 heterocycles. The van der Waals surface area contributed by atoms with Crippen molar-refractivity contribution in [3.05, 3.63) is 35.4 Å². The Morgan fingerprint density at radius 2 is 2.21 bits per heavy atom. The summed E-state index contributed by atoms with van der Waals surface area (Å²) in [6.45, 7) is 5.74. The second kappa shape index (κ2) is 5.97. The Kier molecular flexibility index (Phi) is 4.53. The third kappa shape index (κ3) is 3.74. The Labute approximate surface area is 113 Å². The molecule has 1 fully saturated rings. The largest absolute Gasteiger partial charge is 0.371 e. The first-order chi connectivity index (χ1) is 8.99. The average Bonchev–Trinajstić information content (AvgIpc) is 2.38. The monoisotopic (exact) mass is 269 g/mol. The Morgan fingerprint density at radius 3 is 2.84 bits per heavy atom. The Hall–Kier alpha value is -1.00. The van der Waals surface area contributed by atoms with Crippen molar-refractivity contribution < 1.29 is 13.5 Å². The maximum atomic E-state index is 14.1. The summed E-state index contributed by atoms with van der Waals surface area (Å²) >= 11 is 0. The summed E-state index contributed by atoms with van der Waals surface area (Å²) in [5, 5.41) is 3.21. The molecule has 1 aliphatic heterocycles. The van der Waals surface area contributed by atoms with E-state index in [0.717, 1.165) is 12.1 Å². The second-order valence-electron chi connectivity index (χ2n) is 5.49. The van der Waals surface area contributed by atoms with E-state index < -0.39 is 5.92 Å². The second-order valence-corrected chi connectivity index (χ2v) is 5.49. The number of benzene rings is 1. The zero-order valence-corrected chi connectivity index (χ0v) is 11.5. The molecule has 0 aromatic heterocycles. The smallest absolute Gasteiger partial charge is 0.273 e. The molecule has 0 amide bonds. The van der Waals surface area contributed by atoms with Gasteiger partial charge in [0.05, 0.1) is 12.7 Å². The van der Waals surface area contributed by atoms with Gasteiger partial charge in [-0.3, -0.25) is 0 Å². The van der Waals surface area contributed by atoms with Crippen molar-refractivity contribution in [2.45, 2.75) is 32.3 Å². The van der Waals surface area contributed by atoms with Gasteiger partial charge in [-0.2, -0.15) is 0 Å². The minimum absolute atomic E-state index is 0.0359. The van der Waals surface area contributed by atoms with Gasteiger partial charge in [0.2, 0.25) is 0 Å². The molecule has 0 saturated carbocycles. The number of hydrogen-bond acceptors (Lipinski definition) is 2. The summed E-state index contributed by atoms with van der Waals surface area (Å²) in [4.78, 5) is 0. The van der Waals surface area contributed by atoms with E-state index in [2.05, 4.69) is 5.32 Å². The van der Waals surface area contributed by atoms with Crippen molar-refractivity contribution in [1.82, 2.24) is 5.32 Å².